The van der Waals surface area contributed by atoms with Crippen LogP contribution in [-0.2, 0) is 13.1 Å². The van der Waals surface area contributed by atoms with Crippen LogP contribution in [0.3, 0.4) is 0 Å². The van der Waals surface area contributed by atoms with Crippen molar-refractivity contribution in [2.75, 3.05) is 13.1 Å². The number of aromatic nitrogens is 4. The number of aryl methyl sites for hydroxylation is 2. The minimum atomic E-state index is -0.157. The molecule has 0 atom stereocenters. The van der Waals surface area contributed by atoms with Crippen LogP contribution in [0.4, 0.5) is 0 Å². The molecule has 33 heavy (non-hydrogen) atoms. The van der Waals surface area contributed by atoms with E-state index in [0.717, 1.165) is 49.6 Å². The summed E-state index contributed by atoms with van der Waals surface area (Å²) in [6.07, 6.45) is 3.18. The number of para-hydroxylation sites is 1. The van der Waals surface area contributed by atoms with Crippen molar-refractivity contribution in [3.8, 4) is 0 Å². The highest BCUT2D eigenvalue weighted by atomic mass is 16.1. The zero-order chi connectivity index (χ0) is 22.9. The van der Waals surface area contributed by atoms with Crippen LogP contribution in [0.1, 0.15) is 34.8 Å². The summed E-state index contributed by atoms with van der Waals surface area (Å²) in [7, 11) is 0. The van der Waals surface area contributed by atoms with Gasteiger partial charge in [-0.05, 0) is 38.5 Å². The molecule has 0 bridgehead atoms. The fraction of sp³-hybridized carbons (Fsp3) is 0.296. The Morgan fingerprint density at radius 3 is 2.45 bits per heavy atom. The predicted octanol–water partition coefficient (Wildman–Crippen LogP) is 4.31. The van der Waals surface area contributed by atoms with Crippen molar-refractivity contribution in [1.29, 1.82) is 0 Å². The fourth-order valence-corrected chi connectivity index (χ4v) is 4.79. The van der Waals surface area contributed by atoms with Crippen LogP contribution in [0.2, 0.25) is 0 Å². The van der Waals surface area contributed by atoms with Crippen LogP contribution >= 0.6 is 0 Å². The first-order valence-corrected chi connectivity index (χ1v) is 11.5. The Hall–Kier alpha value is -3.51. The van der Waals surface area contributed by atoms with Crippen molar-refractivity contribution < 1.29 is 0 Å². The molecule has 6 nitrogen and oxygen atoms in total. The van der Waals surface area contributed by atoms with Gasteiger partial charge in [-0.2, -0.15) is 10.1 Å². The Morgan fingerprint density at radius 2 is 1.70 bits per heavy atom. The lowest BCUT2D eigenvalue weighted by molar-refractivity contribution is 0.290. The lowest BCUT2D eigenvalue weighted by atomic mass is 10.1. The predicted molar refractivity (Wildman–Crippen MR) is 132 cm³/mol. The molecule has 1 aliphatic heterocycles. The fourth-order valence-electron chi connectivity index (χ4n) is 4.79. The van der Waals surface area contributed by atoms with Crippen molar-refractivity contribution >= 4 is 16.6 Å². The summed E-state index contributed by atoms with van der Waals surface area (Å²) in [4.78, 5) is 19.0. The quantitative estimate of drug-likeness (QED) is 0.465. The Morgan fingerprint density at radius 1 is 0.939 bits per heavy atom. The molecule has 2 aromatic heterocycles. The summed E-state index contributed by atoms with van der Waals surface area (Å²) in [5.74, 6) is 0.743. The molecule has 1 aliphatic rings. The molecule has 0 saturated heterocycles. The van der Waals surface area contributed by atoms with E-state index in [1.807, 2.05) is 37.3 Å². The highest BCUT2D eigenvalue weighted by Crippen LogP contribution is 2.24. The lowest BCUT2D eigenvalue weighted by Crippen LogP contribution is -2.30. The number of hydrogen-bond acceptors (Lipinski definition) is 4. The minimum Gasteiger partial charge on any atom is -0.302 e. The van der Waals surface area contributed by atoms with Crippen molar-refractivity contribution in [3.63, 3.8) is 0 Å². The van der Waals surface area contributed by atoms with E-state index in [-0.39, 0.29) is 5.56 Å². The van der Waals surface area contributed by atoms with Gasteiger partial charge in [-0.3, -0.25) is 14.4 Å². The molecule has 6 heteroatoms. The van der Waals surface area contributed by atoms with E-state index in [0.29, 0.717) is 5.39 Å². The average Bonchev–Trinajstić information content (AvgIpc) is 3.08. The Balaban J connectivity index is 1.36. The summed E-state index contributed by atoms with van der Waals surface area (Å²) in [6, 6.07) is 18.2. The van der Waals surface area contributed by atoms with Gasteiger partial charge in [-0.25, -0.2) is 0 Å². The average molecular weight is 440 g/mol. The molecule has 0 amide bonds. The van der Waals surface area contributed by atoms with Crippen LogP contribution in [0, 0.1) is 20.8 Å². The van der Waals surface area contributed by atoms with E-state index < -0.39 is 0 Å². The maximum Gasteiger partial charge on any atom is 0.280 e. The van der Waals surface area contributed by atoms with Crippen molar-refractivity contribution in [2.45, 2.75) is 40.3 Å². The molecule has 0 unspecified atom stereocenters. The second kappa shape index (κ2) is 8.79. The zero-order valence-electron chi connectivity index (χ0n) is 19.5. The molecule has 4 aromatic rings. The van der Waals surface area contributed by atoms with E-state index in [1.54, 1.807) is 0 Å². The van der Waals surface area contributed by atoms with Gasteiger partial charge in [-0.15, -0.1) is 0 Å². The maximum atomic E-state index is 12.3. The minimum absolute atomic E-state index is 0.157. The van der Waals surface area contributed by atoms with E-state index in [1.165, 1.54) is 22.5 Å². The highest BCUT2D eigenvalue weighted by Gasteiger charge is 2.20. The summed E-state index contributed by atoms with van der Waals surface area (Å²) in [5, 5.41) is 5.49. The van der Waals surface area contributed by atoms with E-state index >= 15 is 0 Å². The first-order valence-electron chi connectivity index (χ1n) is 11.5. The third-order valence-electron chi connectivity index (χ3n) is 6.61. The van der Waals surface area contributed by atoms with Crippen molar-refractivity contribution in [3.05, 3.63) is 99.4 Å². The van der Waals surface area contributed by atoms with E-state index in [2.05, 4.69) is 63.3 Å². The molecular formula is C27H29N5O. The van der Waals surface area contributed by atoms with Crippen LogP contribution in [0.25, 0.3) is 16.6 Å². The van der Waals surface area contributed by atoms with Crippen LogP contribution in [0.15, 0.2) is 65.5 Å². The third kappa shape index (κ3) is 4.14. The SMILES string of the molecule is Cc1nn(Cc2ccccc2)c(C)c1CN1CC=C(n2c(C)nc(=O)c3ccccc32)CC1. The van der Waals surface area contributed by atoms with Crippen LogP contribution < -0.4 is 5.56 Å². The van der Waals surface area contributed by atoms with Crippen molar-refractivity contribution in [1.82, 2.24) is 24.2 Å². The Bertz CT molecular complexity index is 1400. The standard InChI is InChI=1S/C27H29N5O/c1-19-25(20(2)31(29-19)17-22-9-5-4-6-10-22)18-30-15-13-23(14-16-30)32-21(3)28-27(33)24-11-7-8-12-26(24)32/h4-13H,14-18H2,1-3H3. The number of rotatable bonds is 5. The van der Waals surface area contributed by atoms with Crippen LogP contribution in [0.5, 0.6) is 0 Å². The smallest absolute Gasteiger partial charge is 0.280 e. The van der Waals surface area contributed by atoms with Gasteiger partial charge < -0.3 is 4.57 Å². The molecule has 0 radical (unpaired) electrons. The largest absolute Gasteiger partial charge is 0.302 e. The van der Waals surface area contributed by atoms with Gasteiger partial charge in [-0.1, -0.05) is 48.5 Å². The van der Waals surface area contributed by atoms with Crippen LogP contribution in [-0.4, -0.2) is 37.3 Å². The van der Waals surface area contributed by atoms with Crippen molar-refractivity contribution in [2.24, 2.45) is 0 Å². The Labute approximate surface area is 193 Å². The maximum absolute atomic E-state index is 12.3. The Kier molecular flexibility index (Phi) is 5.68. The highest BCUT2D eigenvalue weighted by molar-refractivity contribution is 5.81. The van der Waals surface area contributed by atoms with Gasteiger partial charge in [0.05, 0.1) is 23.1 Å². The number of benzene rings is 2. The van der Waals surface area contributed by atoms with Gasteiger partial charge in [0.25, 0.3) is 5.56 Å². The molecule has 5 rings (SSSR count). The third-order valence-corrected chi connectivity index (χ3v) is 6.61. The topological polar surface area (TPSA) is 56.0 Å². The molecule has 0 saturated carbocycles. The molecule has 3 heterocycles. The second-order valence-electron chi connectivity index (χ2n) is 8.79. The first-order chi connectivity index (χ1) is 16.0. The summed E-state index contributed by atoms with van der Waals surface area (Å²) in [6.45, 7) is 9.69. The zero-order valence-corrected chi connectivity index (χ0v) is 19.5. The normalized spacial score (nSPS) is 14.6. The molecule has 2 aromatic carbocycles. The first kappa shape index (κ1) is 21.3. The van der Waals surface area contributed by atoms with Gasteiger partial charge in [0.2, 0.25) is 0 Å². The molecular weight excluding hydrogens is 410 g/mol. The number of fused-ring (bicyclic) bond motifs is 1. The number of hydrogen-bond donors (Lipinski definition) is 0. The summed E-state index contributed by atoms with van der Waals surface area (Å²) < 4.78 is 4.26. The second-order valence-corrected chi connectivity index (χ2v) is 8.79. The lowest BCUT2D eigenvalue weighted by Gasteiger charge is -2.28. The van der Waals surface area contributed by atoms with Gasteiger partial charge >= 0.3 is 0 Å². The molecule has 0 fully saturated rings. The monoisotopic (exact) mass is 439 g/mol. The van der Waals surface area contributed by atoms with E-state index in [4.69, 9.17) is 5.10 Å². The number of nitrogens with zero attached hydrogens (tertiary/aromatic N) is 5. The molecule has 168 valence electrons. The molecule has 0 spiro atoms. The van der Waals surface area contributed by atoms with E-state index in [9.17, 15) is 4.79 Å². The van der Waals surface area contributed by atoms with Gasteiger partial charge in [0, 0.05) is 43.0 Å². The van der Waals surface area contributed by atoms with Gasteiger partial charge in [0.15, 0.2) is 0 Å². The molecule has 0 aliphatic carbocycles. The summed E-state index contributed by atoms with van der Waals surface area (Å²) in [5.41, 5.74) is 6.90. The van der Waals surface area contributed by atoms with Gasteiger partial charge in [0.1, 0.15) is 5.82 Å². The molecule has 0 N–H and O–H groups in total. The summed E-state index contributed by atoms with van der Waals surface area (Å²) >= 11 is 0.